The zero-order valence-corrected chi connectivity index (χ0v) is 32.9. The molecular weight excluding hydrogens is 769 g/mol. The number of imidazole rings is 1. The summed E-state index contributed by atoms with van der Waals surface area (Å²) in [4.78, 5) is 91.0. The first-order valence-corrected chi connectivity index (χ1v) is 19.9. The number of aryl methyl sites for hydroxylation is 2. The molecule has 0 aliphatic carbocycles. The number of nitrogens with one attached hydrogen (secondary N) is 3. The van der Waals surface area contributed by atoms with Gasteiger partial charge in [-0.3, -0.25) is 48.6 Å². The van der Waals surface area contributed by atoms with Crippen LogP contribution in [0.2, 0.25) is 0 Å². The van der Waals surface area contributed by atoms with Crippen LogP contribution in [0.3, 0.4) is 0 Å². The van der Waals surface area contributed by atoms with Gasteiger partial charge in [0.1, 0.15) is 17.3 Å². The molecule has 3 aliphatic heterocycles. The number of amides is 5. The smallest absolute Gasteiger partial charge is 0.274 e. The van der Waals surface area contributed by atoms with E-state index < -0.39 is 29.7 Å². The Balaban J connectivity index is 0.827. The molecule has 0 bridgehead atoms. The van der Waals surface area contributed by atoms with Crippen molar-refractivity contribution in [3.8, 4) is 11.1 Å². The fraction of sp³-hybridized carbons (Fsp3) is 0.310. The van der Waals surface area contributed by atoms with Crippen LogP contribution in [0.15, 0.2) is 78.8 Å². The summed E-state index contributed by atoms with van der Waals surface area (Å²) in [6.07, 6.45) is 9.70. The summed E-state index contributed by atoms with van der Waals surface area (Å²) in [6, 6.07) is 9.52. The number of anilines is 1. The van der Waals surface area contributed by atoms with E-state index in [-0.39, 0.29) is 42.0 Å². The second kappa shape index (κ2) is 15.5. The summed E-state index contributed by atoms with van der Waals surface area (Å²) >= 11 is 0. The molecule has 4 aromatic heterocycles. The van der Waals surface area contributed by atoms with E-state index in [1.807, 2.05) is 47.1 Å². The minimum absolute atomic E-state index is 0.0452. The van der Waals surface area contributed by atoms with Gasteiger partial charge < -0.3 is 24.3 Å². The minimum Gasteiger partial charge on any atom is -0.379 e. The van der Waals surface area contributed by atoms with Crippen molar-refractivity contribution in [2.75, 3.05) is 38.0 Å². The topological polar surface area (TPSA) is 205 Å². The standard InChI is InChI=1S/C42H42N12O6/c1-3-4-12-52-23-30(27-10-11-43-37(27)42(52)60)29-19-25(20-33-36(29)45-24-49(33)2)39(57)51-16-13-50(14-17-51)15-18-53-22-26(47-48-53)21-44-31-7-5-6-28-35(31)41(59)54(40(28)58)32-8-9-34(55)46-38(32)56/h3,5-7,10-11,19-20,22-24,32,43-44H,1,4,8-9,12-18,21H2,2H3,(H,46,55,56). The average Bonchev–Trinajstić information content (AvgIpc) is 4.06. The van der Waals surface area contributed by atoms with E-state index in [9.17, 15) is 28.8 Å². The third-order valence-electron chi connectivity index (χ3n) is 11.6. The number of hydrogen-bond donors (Lipinski definition) is 3. The fourth-order valence-corrected chi connectivity index (χ4v) is 8.35. The molecule has 2 fully saturated rings. The minimum atomic E-state index is -1.05. The molecule has 5 amide bonds. The van der Waals surface area contributed by atoms with E-state index >= 15 is 0 Å². The Bertz CT molecular complexity index is 2810. The molecular formula is C42H42N12O6. The van der Waals surface area contributed by atoms with Crippen molar-refractivity contribution in [1.29, 1.82) is 0 Å². The Morgan fingerprint density at radius 1 is 0.967 bits per heavy atom. The number of nitrogens with zero attached hydrogens (tertiary/aromatic N) is 9. The molecule has 1 unspecified atom stereocenters. The number of pyridine rings is 1. The second-order valence-electron chi connectivity index (χ2n) is 15.3. The molecule has 18 nitrogen and oxygen atoms in total. The van der Waals surface area contributed by atoms with Crippen LogP contribution in [0, 0.1) is 0 Å². The summed E-state index contributed by atoms with van der Waals surface area (Å²) in [5.74, 6) is -2.32. The Labute approximate surface area is 342 Å². The van der Waals surface area contributed by atoms with E-state index in [1.54, 1.807) is 46.0 Å². The van der Waals surface area contributed by atoms with Crippen molar-refractivity contribution >= 4 is 57.2 Å². The predicted octanol–water partition coefficient (Wildman–Crippen LogP) is 2.52. The summed E-state index contributed by atoms with van der Waals surface area (Å²) in [5.41, 5.74) is 5.52. The van der Waals surface area contributed by atoms with Gasteiger partial charge in [0.05, 0.1) is 47.8 Å². The van der Waals surface area contributed by atoms with Gasteiger partial charge in [0.2, 0.25) is 11.8 Å². The number of fused-ring (bicyclic) bond motifs is 3. The predicted molar refractivity (Wildman–Crippen MR) is 220 cm³/mol. The number of H-pyrrole nitrogens is 1. The maximum Gasteiger partial charge on any atom is 0.274 e. The monoisotopic (exact) mass is 810 g/mol. The molecule has 7 heterocycles. The molecule has 9 rings (SSSR count). The Kier molecular flexibility index (Phi) is 9.91. The number of carbonyl (C=O) groups is 5. The highest BCUT2D eigenvalue weighted by molar-refractivity contribution is 6.25. The van der Waals surface area contributed by atoms with Gasteiger partial charge in [-0.1, -0.05) is 17.4 Å². The largest absolute Gasteiger partial charge is 0.379 e. The molecule has 6 aromatic rings. The van der Waals surface area contributed by atoms with Crippen LogP contribution < -0.4 is 16.2 Å². The lowest BCUT2D eigenvalue weighted by molar-refractivity contribution is -0.136. The van der Waals surface area contributed by atoms with Crippen LogP contribution in [-0.4, -0.2) is 117 Å². The zero-order chi connectivity index (χ0) is 41.7. The molecule has 60 heavy (non-hydrogen) atoms. The molecule has 1 atom stereocenters. The highest BCUT2D eigenvalue weighted by atomic mass is 16.2. The van der Waals surface area contributed by atoms with Crippen molar-refractivity contribution in [2.24, 2.45) is 7.05 Å². The highest BCUT2D eigenvalue weighted by Crippen LogP contribution is 2.35. The van der Waals surface area contributed by atoms with Gasteiger partial charge in [0.15, 0.2) is 0 Å². The maximum absolute atomic E-state index is 14.1. The van der Waals surface area contributed by atoms with Gasteiger partial charge in [-0.15, -0.1) is 11.7 Å². The molecule has 2 saturated heterocycles. The lowest BCUT2D eigenvalue weighted by Gasteiger charge is -2.34. The third kappa shape index (κ3) is 6.83. The van der Waals surface area contributed by atoms with Crippen molar-refractivity contribution < 1.29 is 24.0 Å². The first kappa shape index (κ1) is 38.3. The van der Waals surface area contributed by atoms with Gasteiger partial charge >= 0.3 is 0 Å². The van der Waals surface area contributed by atoms with Crippen molar-refractivity contribution in [3.05, 3.63) is 107 Å². The van der Waals surface area contributed by atoms with Gasteiger partial charge in [0, 0.05) is 92.9 Å². The van der Waals surface area contributed by atoms with Crippen LogP contribution >= 0.6 is 0 Å². The maximum atomic E-state index is 14.1. The number of imide groups is 2. The summed E-state index contributed by atoms with van der Waals surface area (Å²) in [5, 5.41) is 14.8. The van der Waals surface area contributed by atoms with Gasteiger partial charge in [-0.25, -0.2) is 4.98 Å². The van der Waals surface area contributed by atoms with Gasteiger partial charge in [-0.2, -0.15) is 0 Å². The Hall–Kier alpha value is -7.21. The lowest BCUT2D eigenvalue weighted by atomic mass is 9.99. The first-order valence-electron chi connectivity index (χ1n) is 19.9. The normalized spacial score (nSPS) is 17.2. The number of carbonyl (C=O) groups excluding carboxylic acids is 5. The number of piperazine rings is 1. The molecule has 2 aromatic carbocycles. The van der Waals surface area contributed by atoms with Crippen LogP contribution in [0.4, 0.5) is 5.69 Å². The number of allylic oxidation sites excluding steroid dienone is 1. The number of benzene rings is 2. The lowest BCUT2D eigenvalue weighted by Crippen LogP contribution is -2.54. The van der Waals surface area contributed by atoms with E-state index in [0.717, 1.165) is 32.4 Å². The van der Waals surface area contributed by atoms with E-state index in [2.05, 4.69) is 37.4 Å². The summed E-state index contributed by atoms with van der Waals surface area (Å²) < 4.78 is 5.33. The number of rotatable bonds is 12. The van der Waals surface area contributed by atoms with Crippen molar-refractivity contribution in [3.63, 3.8) is 0 Å². The zero-order valence-electron chi connectivity index (χ0n) is 32.9. The highest BCUT2D eigenvalue weighted by Gasteiger charge is 2.45. The summed E-state index contributed by atoms with van der Waals surface area (Å²) in [6.45, 7) is 8.22. The van der Waals surface area contributed by atoms with E-state index in [4.69, 9.17) is 4.98 Å². The number of aromatic nitrogens is 7. The third-order valence-corrected chi connectivity index (χ3v) is 11.6. The van der Waals surface area contributed by atoms with Crippen LogP contribution in [0.5, 0.6) is 0 Å². The number of aromatic amines is 1. The molecule has 0 radical (unpaired) electrons. The Morgan fingerprint density at radius 3 is 2.60 bits per heavy atom. The summed E-state index contributed by atoms with van der Waals surface area (Å²) in [7, 11) is 1.90. The van der Waals surface area contributed by atoms with Crippen LogP contribution in [0.1, 0.15) is 56.0 Å². The average molecular weight is 811 g/mol. The van der Waals surface area contributed by atoms with E-state index in [0.29, 0.717) is 74.7 Å². The van der Waals surface area contributed by atoms with E-state index in [1.165, 1.54) is 0 Å². The Morgan fingerprint density at radius 2 is 1.80 bits per heavy atom. The van der Waals surface area contributed by atoms with Crippen LogP contribution in [0.25, 0.3) is 33.1 Å². The molecule has 306 valence electrons. The molecule has 0 spiro atoms. The van der Waals surface area contributed by atoms with Gasteiger partial charge in [0.25, 0.3) is 23.3 Å². The van der Waals surface area contributed by atoms with Crippen molar-refractivity contribution in [2.45, 2.75) is 44.9 Å². The number of hydrogen-bond acceptors (Lipinski definition) is 11. The number of piperidine rings is 1. The fourth-order valence-electron chi connectivity index (χ4n) is 8.35. The second-order valence-corrected chi connectivity index (χ2v) is 15.3. The SMILES string of the molecule is C=CCCn1cc(-c2cc(C(=O)N3CCN(CCn4cc(CNc5cccc6c5C(=O)N(C5CCC(=O)NC5=O)C6=O)nn4)CC3)cc3c2ncn3C)c2cc[nH]c2c1=O. The van der Waals surface area contributed by atoms with Crippen molar-refractivity contribution in [1.82, 2.24) is 54.1 Å². The molecule has 18 heteroatoms. The molecule has 0 saturated carbocycles. The molecule has 3 N–H and O–H groups in total. The quantitative estimate of drug-likeness (QED) is 0.121. The van der Waals surface area contributed by atoms with Crippen LogP contribution in [-0.2, 0) is 36.3 Å². The van der Waals surface area contributed by atoms with Gasteiger partial charge in [-0.05, 0) is 43.2 Å². The molecule has 3 aliphatic rings. The first-order chi connectivity index (χ1) is 29.1.